The first-order valence-corrected chi connectivity index (χ1v) is 16.0. The van der Waals surface area contributed by atoms with E-state index >= 15 is 0 Å². The molecule has 2 saturated heterocycles. The third-order valence-corrected chi connectivity index (χ3v) is 12.7. The maximum Gasteiger partial charge on any atom is 0.267 e. The highest BCUT2D eigenvalue weighted by Gasteiger charge is 2.81. The number of aliphatic imine (C=N–C) groups is 1. The molecule has 1 unspecified atom stereocenters. The van der Waals surface area contributed by atoms with Crippen LogP contribution in [-0.2, 0) is 0 Å². The van der Waals surface area contributed by atoms with Crippen LogP contribution in [0.3, 0.4) is 0 Å². The fraction of sp³-hybridized carbons (Fsp3) is 0.500. The lowest BCUT2D eigenvalue weighted by molar-refractivity contribution is -0.0630. The standard InChI is InChI=1S/C22H25Br4ClN10O4/c23-7-1-9(32-13(7)25)15(38)30-3-5-6(4-31-16(39)10-2-8(24)14(26)33-10)12(27)21-11(5)22(41)17(34-19(28)36-22)37(21)20(29)35-18(21)40/h1-2,5-6,11-12,17-19,32-34,36,40-41H,3-4,28H2,(H2,29,35)(H,30,38)(H,31,39)/t5-,6-,11+,12+,17+,18+,19?,21+,22+/m0/s1. The number of alkyl halides is 1. The van der Waals surface area contributed by atoms with Crippen molar-refractivity contribution in [1.82, 2.24) is 36.1 Å². The van der Waals surface area contributed by atoms with Gasteiger partial charge in [0.15, 0.2) is 17.9 Å². The van der Waals surface area contributed by atoms with Gasteiger partial charge in [-0.1, -0.05) is 0 Å². The minimum Gasteiger partial charge on any atom is -0.372 e. The lowest BCUT2D eigenvalue weighted by Crippen LogP contribution is -2.63. The van der Waals surface area contributed by atoms with Gasteiger partial charge in [-0.2, -0.15) is 0 Å². The number of carbonyl (C=O) groups excluding carboxylic acids is 2. The molecule has 4 aliphatic rings. The second-order valence-electron chi connectivity index (χ2n) is 10.5. The smallest absolute Gasteiger partial charge is 0.267 e. The van der Waals surface area contributed by atoms with Crippen LogP contribution in [0.2, 0.25) is 0 Å². The molecule has 2 amide bonds. The number of halogens is 5. The van der Waals surface area contributed by atoms with Gasteiger partial charge in [-0.25, -0.2) is 4.99 Å². The summed E-state index contributed by atoms with van der Waals surface area (Å²) in [7, 11) is 0. The van der Waals surface area contributed by atoms with Gasteiger partial charge in [0.2, 0.25) is 0 Å². The second-order valence-corrected chi connectivity index (χ2v) is 14.2. The highest BCUT2D eigenvalue weighted by molar-refractivity contribution is 9.13. The lowest BCUT2D eigenvalue weighted by Gasteiger charge is -2.40. The minimum atomic E-state index is -1.71. The summed E-state index contributed by atoms with van der Waals surface area (Å²) in [6.45, 7) is 0.0929. The van der Waals surface area contributed by atoms with Gasteiger partial charge in [0.25, 0.3) is 11.8 Å². The number of fused-ring (bicyclic) bond motifs is 3. The molecule has 19 heteroatoms. The predicted octanol–water partition coefficient (Wildman–Crippen LogP) is 0.173. The quantitative estimate of drug-likeness (QED) is 0.179. The third kappa shape index (κ3) is 4.35. The molecule has 14 nitrogen and oxygen atoms in total. The van der Waals surface area contributed by atoms with Gasteiger partial charge in [0.05, 0.1) is 23.5 Å². The van der Waals surface area contributed by atoms with Crippen molar-refractivity contribution in [3.8, 4) is 0 Å². The Bertz CT molecular complexity index is 1420. The molecule has 1 aliphatic carbocycles. The SMILES string of the molecule is NC1=N[C@H](O)[C@]23[C@H](Cl)[C@@H](CNC(=O)c4cc(Br)c(Br)[nH]4)[C@H](CNC(=O)c4cc(Br)c(Br)[nH]4)[C@H]2[C@]2(O)NC(N)N[C@@H]2N13. The Balaban J connectivity index is 1.35. The number of amides is 2. The number of nitrogens with one attached hydrogen (secondary N) is 6. The number of nitrogens with zero attached hydrogens (tertiary/aromatic N) is 2. The van der Waals surface area contributed by atoms with E-state index in [2.05, 4.69) is 99.9 Å². The zero-order chi connectivity index (χ0) is 29.6. The summed E-state index contributed by atoms with van der Waals surface area (Å²) in [4.78, 5) is 37.9. The molecule has 3 fully saturated rings. The van der Waals surface area contributed by atoms with Gasteiger partial charge in [-0.3, -0.25) is 20.2 Å². The monoisotopic (exact) mass is 844 g/mol. The van der Waals surface area contributed by atoms with Crippen molar-refractivity contribution in [2.75, 3.05) is 13.1 Å². The number of hydrogen-bond donors (Lipinski definition) is 10. The molecule has 0 aromatic carbocycles. The van der Waals surface area contributed by atoms with E-state index < -0.39 is 64.9 Å². The van der Waals surface area contributed by atoms with Crippen LogP contribution in [0.1, 0.15) is 21.0 Å². The molecule has 2 aromatic rings. The minimum absolute atomic E-state index is 0.00730. The van der Waals surface area contributed by atoms with Crippen LogP contribution in [0.4, 0.5) is 0 Å². The van der Waals surface area contributed by atoms with Gasteiger partial charge in [-0.15, -0.1) is 11.6 Å². The molecule has 2 aromatic heterocycles. The van der Waals surface area contributed by atoms with E-state index in [4.69, 9.17) is 23.1 Å². The summed E-state index contributed by atoms with van der Waals surface area (Å²) in [5.41, 5.74) is 9.92. The molecule has 3 aliphatic heterocycles. The van der Waals surface area contributed by atoms with E-state index in [1.54, 1.807) is 17.0 Å². The number of aliphatic hydroxyl groups excluding tert-OH is 1. The molecular formula is C22H25Br4ClN10O4. The first-order chi connectivity index (χ1) is 19.3. The Hall–Kier alpha value is -1.22. The number of nitrogens with two attached hydrogens (primary N) is 2. The van der Waals surface area contributed by atoms with E-state index in [-0.39, 0.29) is 19.0 Å². The van der Waals surface area contributed by atoms with Crippen LogP contribution in [0.25, 0.3) is 0 Å². The first kappa shape index (κ1) is 29.8. The average molecular weight is 849 g/mol. The molecule has 6 rings (SSSR count). The zero-order valence-electron chi connectivity index (χ0n) is 20.8. The van der Waals surface area contributed by atoms with E-state index in [1.807, 2.05) is 0 Å². The third-order valence-electron chi connectivity index (χ3n) is 8.44. The van der Waals surface area contributed by atoms with Crippen LogP contribution in [0.5, 0.6) is 0 Å². The lowest BCUT2D eigenvalue weighted by atomic mass is 9.77. The first-order valence-electron chi connectivity index (χ1n) is 12.4. The molecule has 222 valence electrons. The molecule has 9 atom stereocenters. The van der Waals surface area contributed by atoms with Gasteiger partial charge < -0.3 is 47.2 Å². The van der Waals surface area contributed by atoms with Crippen molar-refractivity contribution in [2.45, 2.75) is 35.3 Å². The molecule has 0 radical (unpaired) electrons. The van der Waals surface area contributed by atoms with E-state index in [1.165, 1.54) is 0 Å². The van der Waals surface area contributed by atoms with Crippen molar-refractivity contribution < 1.29 is 19.8 Å². The summed E-state index contributed by atoms with van der Waals surface area (Å²) in [6, 6.07) is 3.26. The maximum atomic E-state index is 13.1. The van der Waals surface area contributed by atoms with Gasteiger partial charge in [0, 0.05) is 24.9 Å². The van der Waals surface area contributed by atoms with E-state index in [9.17, 15) is 19.8 Å². The number of aromatic nitrogens is 2. The number of H-pyrrole nitrogens is 2. The molecule has 0 bridgehead atoms. The maximum absolute atomic E-state index is 13.1. The summed E-state index contributed by atoms with van der Waals surface area (Å²) < 4.78 is 2.56. The fourth-order valence-electron chi connectivity index (χ4n) is 6.94. The summed E-state index contributed by atoms with van der Waals surface area (Å²) in [5.74, 6) is -2.77. The summed E-state index contributed by atoms with van der Waals surface area (Å²) in [6.07, 6.45) is -3.05. The van der Waals surface area contributed by atoms with Crippen molar-refractivity contribution in [1.29, 1.82) is 0 Å². The van der Waals surface area contributed by atoms with Crippen LogP contribution in [0.15, 0.2) is 35.3 Å². The number of aliphatic hydroxyl groups is 2. The largest absolute Gasteiger partial charge is 0.372 e. The Morgan fingerprint density at radius 2 is 1.59 bits per heavy atom. The number of aromatic amines is 2. The Kier molecular flexibility index (Phi) is 7.60. The number of carbonyl (C=O) groups is 2. The molecule has 1 spiro atoms. The molecule has 1 saturated carbocycles. The number of hydrogen-bond acceptors (Lipinski definition) is 10. The highest BCUT2D eigenvalue weighted by Crippen LogP contribution is 2.63. The van der Waals surface area contributed by atoms with E-state index in [0.29, 0.717) is 29.5 Å². The number of rotatable bonds is 6. The molecular weight excluding hydrogens is 823 g/mol. The predicted molar refractivity (Wildman–Crippen MR) is 162 cm³/mol. The average Bonchev–Trinajstić information content (AvgIpc) is 3.67. The van der Waals surface area contributed by atoms with Crippen LogP contribution in [-0.4, -0.2) is 91.3 Å². The van der Waals surface area contributed by atoms with Gasteiger partial charge >= 0.3 is 0 Å². The van der Waals surface area contributed by atoms with Crippen molar-refractivity contribution in [3.05, 3.63) is 41.7 Å². The van der Waals surface area contributed by atoms with Crippen LogP contribution in [0, 0.1) is 17.8 Å². The highest BCUT2D eigenvalue weighted by atomic mass is 79.9. The van der Waals surface area contributed by atoms with Crippen molar-refractivity contribution >= 4 is 93.1 Å². The van der Waals surface area contributed by atoms with Crippen molar-refractivity contribution in [3.63, 3.8) is 0 Å². The van der Waals surface area contributed by atoms with Crippen LogP contribution < -0.4 is 32.7 Å². The summed E-state index contributed by atoms with van der Waals surface area (Å²) in [5, 5.41) is 34.5. The zero-order valence-corrected chi connectivity index (χ0v) is 27.9. The Labute approximate surface area is 271 Å². The molecule has 41 heavy (non-hydrogen) atoms. The topological polar surface area (TPSA) is 222 Å². The van der Waals surface area contributed by atoms with Gasteiger partial charge in [-0.05, 0) is 81.8 Å². The number of guanidine groups is 1. The normalized spacial score (nSPS) is 37.1. The van der Waals surface area contributed by atoms with E-state index in [0.717, 1.165) is 0 Å². The Morgan fingerprint density at radius 1 is 1.05 bits per heavy atom. The molecule has 12 N–H and O–H groups in total. The second kappa shape index (κ2) is 10.4. The van der Waals surface area contributed by atoms with Gasteiger partial charge in [0.1, 0.15) is 29.4 Å². The van der Waals surface area contributed by atoms with Crippen LogP contribution >= 0.6 is 75.3 Å². The fourth-order valence-corrected chi connectivity index (χ4v) is 8.88. The Morgan fingerprint density at radius 3 is 2.10 bits per heavy atom. The summed E-state index contributed by atoms with van der Waals surface area (Å²) >= 11 is 20.6. The van der Waals surface area contributed by atoms with Crippen molar-refractivity contribution in [2.24, 2.45) is 34.2 Å². The molecule has 5 heterocycles.